The number of carbonyl (C=O) groups excluding carboxylic acids is 1. The highest BCUT2D eigenvalue weighted by Gasteiger charge is 2.14. The predicted octanol–water partition coefficient (Wildman–Crippen LogP) is 7.81. The average Bonchev–Trinajstić information content (AvgIpc) is 3.39. The normalized spacial score (nSPS) is 12.1. The number of imidazole rings is 1. The van der Waals surface area contributed by atoms with Gasteiger partial charge in [-0.15, -0.1) is 0 Å². The number of nitrogens with zero attached hydrogens (tertiary/aromatic N) is 2. The lowest BCUT2D eigenvalue weighted by atomic mass is 10.0. The second-order valence-electron chi connectivity index (χ2n) is 10.7. The highest BCUT2D eigenvalue weighted by atomic mass is 32.2. The molecule has 0 saturated carbocycles. The molecule has 0 fully saturated rings. The highest BCUT2D eigenvalue weighted by molar-refractivity contribution is 7.84. The van der Waals surface area contributed by atoms with Gasteiger partial charge in [0, 0.05) is 30.0 Å². The molecule has 10 heteroatoms. The van der Waals surface area contributed by atoms with Gasteiger partial charge in [0.15, 0.2) is 5.78 Å². The number of carbonyl (C=O) groups is 1. The monoisotopic (exact) mass is 650 g/mol. The Kier molecular flexibility index (Phi) is 13.2. The number of halogens is 2. The Morgan fingerprint density at radius 1 is 0.957 bits per heavy atom. The first-order valence-corrected chi connectivity index (χ1v) is 16.7. The number of hydrogen-bond acceptors (Lipinski definition) is 6. The van der Waals surface area contributed by atoms with Gasteiger partial charge in [-0.05, 0) is 85.0 Å². The van der Waals surface area contributed by atoms with Crippen LogP contribution in [-0.4, -0.2) is 46.0 Å². The molecular formula is C36H40F2N2O5S. The van der Waals surface area contributed by atoms with Gasteiger partial charge in [-0.1, -0.05) is 44.2 Å². The number of alkyl halides is 2. The van der Waals surface area contributed by atoms with Gasteiger partial charge < -0.3 is 18.8 Å². The molecule has 0 N–H and O–H groups in total. The first-order valence-electron chi connectivity index (χ1n) is 15.4. The SMILES string of the molecule is CCCOCCOc1ccc(-c2ccc(OC(F)F)c(/C=C/C(=O)Cc3ccc([S@](=O)Cc4c(C)ncn4CCC)cc3)c2)cc1. The number of aryl methyl sites for hydroxylation is 2. The number of ketones is 1. The maximum absolute atomic E-state index is 13.1. The van der Waals surface area contributed by atoms with E-state index in [-0.39, 0.29) is 18.0 Å². The van der Waals surface area contributed by atoms with Crippen molar-refractivity contribution in [1.82, 2.24) is 9.55 Å². The summed E-state index contributed by atoms with van der Waals surface area (Å²) in [7, 11) is -1.26. The predicted molar refractivity (Wildman–Crippen MR) is 177 cm³/mol. The van der Waals surface area contributed by atoms with Gasteiger partial charge in [0.1, 0.15) is 18.1 Å². The van der Waals surface area contributed by atoms with Crippen LogP contribution in [0, 0.1) is 6.92 Å². The Morgan fingerprint density at radius 3 is 2.39 bits per heavy atom. The van der Waals surface area contributed by atoms with Crippen LogP contribution in [0.5, 0.6) is 11.5 Å². The smallest absolute Gasteiger partial charge is 0.387 e. The molecule has 244 valence electrons. The molecule has 0 radical (unpaired) electrons. The van der Waals surface area contributed by atoms with Crippen molar-refractivity contribution in [3.05, 3.63) is 102 Å². The van der Waals surface area contributed by atoms with Crippen LogP contribution in [0.4, 0.5) is 8.78 Å². The lowest BCUT2D eigenvalue weighted by molar-refractivity contribution is -0.113. The molecule has 0 saturated heterocycles. The van der Waals surface area contributed by atoms with Crippen molar-refractivity contribution < 1.29 is 32.0 Å². The van der Waals surface area contributed by atoms with E-state index in [2.05, 4.69) is 11.9 Å². The zero-order valence-corrected chi connectivity index (χ0v) is 27.2. The third-order valence-electron chi connectivity index (χ3n) is 7.16. The maximum atomic E-state index is 13.1. The lowest BCUT2D eigenvalue weighted by Crippen LogP contribution is -2.07. The van der Waals surface area contributed by atoms with Gasteiger partial charge in [0.05, 0.1) is 40.9 Å². The van der Waals surface area contributed by atoms with Crippen molar-refractivity contribution in [1.29, 1.82) is 0 Å². The van der Waals surface area contributed by atoms with E-state index in [1.807, 2.05) is 42.7 Å². The first-order chi connectivity index (χ1) is 22.3. The van der Waals surface area contributed by atoms with Crippen molar-refractivity contribution in [3.8, 4) is 22.6 Å². The van der Waals surface area contributed by atoms with Crippen molar-refractivity contribution in [2.45, 2.75) is 63.8 Å². The molecule has 0 unspecified atom stereocenters. The van der Waals surface area contributed by atoms with Crippen molar-refractivity contribution in [2.24, 2.45) is 0 Å². The Morgan fingerprint density at radius 2 is 1.70 bits per heavy atom. The number of hydrogen-bond donors (Lipinski definition) is 0. The molecule has 1 heterocycles. The highest BCUT2D eigenvalue weighted by Crippen LogP contribution is 2.30. The quantitative estimate of drug-likeness (QED) is 0.0808. The van der Waals surface area contributed by atoms with Gasteiger partial charge >= 0.3 is 6.61 Å². The van der Waals surface area contributed by atoms with E-state index < -0.39 is 17.4 Å². The van der Waals surface area contributed by atoms with E-state index in [1.54, 1.807) is 42.7 Å². The van der Waals surface area contributed by atoms with E-state index in [1.165, 1.54) is 18.2 Å². The minimum atomic E-state index is -3.01. The number of ether oxygens (including phenoxy) is 3. The van der Waals surface area contributed by atoms with Crippen LogP contribution in [0.1, 0.15) is 49.2 Å². The standard InChI is InChI=1S/C36H40F2N2O5S/c1-4-18-40-25-39-26(3)34(40)24-46(42)33-15-6-27(7-16-33)22-31(41)12-8-30-23-29(11-17-35(30)45-36(37)38)28-9-13-32(14-10-28)44-21-20-43-19-5-2/h6-17,23,25,36H,4-5,18-22,24H2,1-3H3/b12-8+/t46-/m1/s1. The average molecular weight is 651 g/mol. The van der Waals surface area contributed by atoms with E-state index in [9.17, 15) is 17.8 Å². The molecule has 46 heavy (non-hydrogen) atoms. The summed E-state index contributed by atoms with van der Waals surface area (Å²) in [6.45, 7) is 5.51. The van der Waals surface area contributed by atoms with Crippen LogP contribution in [0.15, 0.2) is 84.0 Å². The maximum Gasteiger partial charge on any atom is 0.387 e. The summed E-state index contributed by atoms with van der Waals surface area (Å²) in [6.07, 6.45) is 6.64. The van der Waals surface area contributed by atoms with Crippen molar-refractivity contribution >= 4 is 22.7 Å². The summed E-state index contributed by atoms with van der Waals surface area (Å²) in [5, 5.41) is 0. The summed E-state index contributed by atoms with van der Waals surface area (Å²) < 4.78 is 57.2. The van der Waals surface area contributed by atoms with E-state index >= 15 is 0 Å². The first kappa shape index (κ1) is 34.7. The van der Waals surface area contributed by atoms with Crippen LogP contribution in [0.3, 0.4) is 0 Å². The summed E-state index contributed by atoms with van der Waals surface area (Å²) in [5.41, 5.74) is 4.54. The summed E-state index contributed by atoms with van der Waals surface area (Å²) >= 11 is 0. The van der Waals surface area contributed by atoms with Gasteiger partial charge in [-0.25, -0.2) is 4.98 Å². The fourth-order valence-corrected chi connectivity index (χ4v) is 6.04. The van der Waals surface area contributed by atoms with E-state index in [0.29, 0.717) is 41.8 Å². The molecule has 7 nitrogen and oxygen atoms in total. The molecule has 3 aromatic carbocycles. The molecule has 0 bridgehead atoms. The number of allylic oxidation sites excluding steroid dienone is 1. The van der Waals surface area contributed by atoms with Crippen LogP contribution in [0.2, 0.25) is 0 Å². The Balaban J connectivity index is 1.40. The Hall–Kier alpha value is -4.15. The molecule has 0 aliphatic carbocycles. The number of aromatic nitrogens is 2. The summed E-state index contributed by atoms with van der Waals surface area (Å²) in [4.78, 5) is 17.9. The fraction of sp³-hybridized carbons (Fsp3) is 0.333. The third-order valence-corrected chi connectivity index (χ3v) is 8.49. The Bertz CT molecular complexity index is 1620. The molecule has 0 aliphatic rings. The molecule has 0 amide bonds. The van der Waals surface area contributed by atoms with E-state index in [0.717, 1.165) is 47.5 Å². The number of benzene rings is 3. The minimum absolute atomic E-state index is 0.0304. The lowest BCUT2D eigenvalue weighted by Gasteiger charge is -2.11. The van der Waals surface area contributed by atoms with Crippen LogP contribution in [0.25, 0.3) is 17.2 Å². The van der Waals surface area contributed by atoms with Gasteiger partial charge in [-0.3, -0.25) is 9.00 Å². The topological polar surface area (TPSA) is 79.7 Å². The fourth-order valence-electron chi connectivity index (χ4n) is 4.81. The van der Waals surface area contributed by atoms with Crippen LogP contribution < -0.4 is 9.47 Å². The zero-order chi connectivity index (χ0) is 32.9. The van der Waals surface area contributed by atoms with Gasteiger partial charge in [0.2, 0.25) is 0 Å². The summed E-state index contributed by atoms with van der Waals surface area (Å²) in [5.74, 6) is 0.811. The van der Waals surface area contributed by atoms with Gasteiger partial charge in [-0.2, -0.15) is 8.78 Å². The van der Waals surface area contributed by atoms with Gasteiger partial charge in [0.25, 0.3) is 0 Å². The van der Waals surface area contributed by atoms with Crippen molar-refractivity contribution in [2.75, 3.05) is 19.8 Å². The molecular weight excluding hydrogens is 610 g/mol. The van der Waals surface area contributed by atoms with Crippen molar-refractivity contribution in [3.63, 3.8) is 0 Å². The second-order valence-corrected chi connectivity index (χ2v) is 12.1. The third kappa shape index (κ3) is 10.2. The molecule has 0 aliphatic heterocycles. The molecule has 4 rings (SSSR count). The zero-order valence-electron chi connectivity index (χ0n) is 26.4. The molecule has 1 aromatic heterocycles. The molecule has 1 atom stereocenters. The second kappa shape index (κ2) is 17.5. The summed E-state index contributed by atoms with van der Waals surface area (Å²) in [6, 6.07) is 19.4. The van der Waals surface area contributed by atoms with E-state index in [4.69, 9.17) is 14.2 Å². The number of rotatable bonds is 18. The largest absolute Gasteiger partial charge is 0.491 e. The van der Waals surface area contributed by atoms with Crippen LogP contribution in [-0.2, 0) is 39.0 Å². The Labute approximate surface area is 271 Å². The minimum Gasteiger partial charge on any atom is -0.491 e. The molecule has 0 spiro atoms. The molecule has 4 aromatic rings. The van der Waals surface area contributed by atoms with Crippen LogP contribution >= 0.6 is 0 Å².